The topological polar surface area (TPSA) is 89.6 Å². The summed E-state index contributed by atoms with van der Waals surface area (Å²) >= 11 is 0. The van der Waals surface area contributed by atoms with Crippen LogP contribution in [-0.2, 0) is 9.47 Å². The third-order valence-electron chi connectivity index (χ3n) is 5.11. The van der Waals surface area contributed by atoms with Crippen molar-refractivity contribution < 1.29 is 19.1 Å². The first kappa shape index (κ1) is 21.9. The highest BCUT2D eigenvalue weighted by Crippen LogP contribution is 2.23. The van der Waals surface area contributed by atoms with Gasteiger partial charge in [-0.1, -0.05) is 37.3 Å². The van der Waals surface area contributed by atoms with E-state index in [4.69, 9.17) is 9.47 Å². The molecule has 7 nitrogen and oxygen atoms in total. The second kappa shape index (κ2) is 10.8. The minimum absolute atomic E-state index is 0.0528. The van der Waals surface area contributed by atoms with Crippen molar-refractivity contribution in [1.82, 2.24) is 15.6 Å². The van der Waals surface area contributed by atoms with E-state index in [0.717, 1.165) is 38.0 Å². The zero-order valence-corrected chi connectivity index (χ0v) is 17.5. The Hall–Kier alpha value is -2.77. The van der Waals surface area contributed by atoms with Gasteiger partial charge in [-0.2, -0.15) is 0 Å². The Morgan fingerprint density at radius 2 is 1.87 bits per heavy atom. The van der Waals surface area contributed by atoms with Crippen molar-refractivity contribution in [1.29, 1.82) is 0 Å². The Morgan fingerprint density at radius 1 is 1.13 bits per heavy atom. The molecule has 0 bridgehead atoms. The standard InChI is InChI=1S/C23H29N3O4/c1-16(17-8-4-3-5-9-17)19-14-18(15-20(26-19)23(28)24-2)22(27)25-11-6-10-21-29-12-7-13-30-21/h3-5,8-9,14-16,21H,6-7,10-13H2,1-2H3,(H,24,28)(H,25,27). The molecule has 2 amide bonds. The quantitative estimate of drug-likeness (QED) is 0.652. The van der Waals surface area contributed by atoms with E-state index in [-0.39, 0.29) is 29.7 Å². The van der Waals surface area contributed by atoms with Crippen molar-refractivity contribution in [2.24, 2.45) is 0 Å². The number of rotatable bonds is 8. The number of carbonyl (C=O) groups excluding carboxylic acids is 2. The molecule has 160 valence electrons. The van der Waals surface area contributed by atoms with Crippen LogP contribution in [0.15, 0.2) is 42.5 Å². The average Bonchev–Trinajstić information content (AvgIpc) is 2.81. The fourth-order valence-electron chi connectivity index (χ4n) is 3.34. The van der Waals surface area contributed by atoms with Crippen molar-refractivity contribution in [2.45, 2.75) is 38.4 Å². The average molecular weight is 412 g/mol. The third kappa shape index (κ3) is 5.87. The van der Waals surface area contributed by atoms with Crippen LogP contribution in [0.5, 0.6) is 0 Å². The molecule has 0 radical (unpaired) electrons. The first-order valence-electron chi connectivity index (χ1n) is 10.4. The summed E-state index contributed by atoms with van der Waals surface area (Å²) in [6.07, 6.45) is 2.22. The van der Waals surface area contributed by atoms with Crippen LogP contribution in [0.25, 0.3) is 0 Å². The number of pyridine rings is 1. The smallest absolute Gasteiger partial charge is 0.269 e. The largest absolute Gasteiger partial charge is 0.354 e. The molecule has 2 heterocycles. The van der Waals surface area contributed by atoms with E-state index in [1.165, 1.54) is 6.07 Å². The highest BCUT2D eigenvalue weighted by atomic mass is 16.7. The van der Waals surface area contributed by atoms with Crippen LogP contribution < -0.4 is 10.6 Å². The minimum Gasteiger partial charge on any atom is -0.354 e. The van der Waals surface area contributed by atoms with Gasteiger partial charge < -0.3 is 20.1 Å². The summed E-state index contributed by atoms with van der Waals surface area (Å²) in [5.74, 6) is -0.602. The molecule has 2 N–H and O–H groups in total. The van der Waals surface area contributed by atoms with Gasteiger partial charge in [-0.05, 0) is 30.5 Å². The summed E-state index contributed by atoms with van der Waals surface area (Å²) in [5.41, 5.74) is 2.40. The van der Waals surface area contributed by atoms with Gasteiger partial charge in [-0.15, -0.1) is 0 Å². The Morgan fingerprint density at radius 3 is 2.57 bits per heavy atom. The summed E-state index contributed by atoms with van der Waals surface area (Å²) < 4.78 is 11.0. The fourth-order valence-corrected chi connectivity index (χ4v) is 3.34. The summed E-state index contributed by atoms with van der Waals surface area (Å²) in [5, 5.41) is 5.50. The molecular formula is C23H29N3O4. The Balaban J connectivity index is 1.69. The molecule has 1 aromatic heterocycles. The molecule has 3 rings (SSSR count). The van der Waals surface area contributed by atoms with Gasteiger partial charge in [-0.25, -0.2) is 4.98 Å². The van der Waals surface area contributed by atoms with E-state index in [1.54, 1.807) is 13.1 Å². The maximum atomic E-state index is 12.7. The van der Waals surface area contributed by atoms with Gasteiger partial charge in [0, 0.05) is 37.2 Å². The van der Waals surface area contributed by atoms with E-state index in [0.29, 0.717) is 17.8 Å². The molecule has 0 saturated carbocycles. The number of hydrogen-bond acceptors (Lipinski definition) is 5. The predicted molar refractivity (Wildman–Crippen MR) is 113 cm³/mol. The van der Waals surface area contributed by atoms with Gasteiger partial charge in [0.15, 0.2) is 6.29 Å². The van der Waals surface area contributed by atoms with Crippen molar-refractivity contribution in [3.05, 3.63) is 65.0 Å². The lowest BCUT2D eigenvalue weighted by atomic mass is 9.96. The maximum absolute atomic E-state index is 12.7. The van der Waals surface area contributed by atoms with Crippen LogP contribution >= 0.6 is 0 Å². The molecule has 1 aliphatic heterocycles. The van der Waals surface area contributed by atoms with E-state index in [1.807, 2.05) is 37.3 Å². The molecule has 0 spiro atoms. The lowest BCUT2D eigenvalue weighted by molar-refractivity contribution is -0.181. The van der Waals surface area contributed by atoms with Crippen LogP contribution in [0.4, 0.5) is 0 Å². The van der Waals surface area contributed by atoms with E-state index in [9.17, 15) is 9.59 Å². The second-order valence-electron chi connectivity index (χ2n) is 7.30. The molecule has 30 heavy (non-hydrogen) atoms. The summed E-state index contributed by atoms with van der Waals surface area (Å²) in [4.78, 5) is 29.4. The van der Waals surface area contributed by atoms with Gasteiger partial charge >= 0.3 is 0 Å². The van der Waals surface area contributed by atoms with Crippen LogP contribution in [0.1, 0.15) is 64.2 Å². The van der Waals surface area contributed by atoms with Crippen molar-refractivity contribution >= 4 is 11.8 Å². The second-order valence-corrected chi connectivity index (χ2v) is 7.30. The number of nitrogens with zero attached hydrogens (tertiary/aromatic N) is 1. The number of benzene rings is 1. The predicted octanol–water partition coefficient (Wildman–Crippen LogP) is 2.87. The van der Waals surface area contributed by atoms with Crippen LogP contribution in [0.3, 0.4) is 0 Å². The van der Waals surface area contributed by atoms with Crippen molar-refractivity contribution in [2.75, 3.05) is 26.8 Å². The molecule has 1 fully saturated rings. The van der Waals surface area contributed by atoms with E-state index < -0.39 is 0 Å². The Kier molecular flexibility index (Phi) is 7.93. The van der Waals surface area contributed by atoms with E-state index >= 15 is 0 Å². The first-order valence-corrected chi connectivity index (χ1v) is 10.4. The fraction of sp³-hybridized carbons (Fsp3) is 0.435. The van der Waals surface area contributed by atoms with Gasteiger partial charge in [0.05, 0.1) is 13.2 Å². The summed E-state index contributed by atoms with van der Waals surface area (Å²) in [6.45, 7) is 3.96. The molecule has 2 aromatic rings. The Bertz CT molecular complexity index is 851. The Labute approximate surface area is 177 Å². The highest BCUT2D eigenvalue weighted by molar-refractivity contribution is 5.98. The van der Waals surface area contributed by atoms with Crippen molar-refractivity contribution in [3.63, 3.8) is 0 Å². The molecule has 1 aliphatic rings. The minimum atomic E-state index is -0.322. The highest BCUT2D eigenvalue weighted by Gasteiger charge is 2.18. The molecule has 1 atom stereocenters. The monoisotopic (exact) mass is 411 g/mol. The molecular weight excluding hydrogens is 382 g/mol. The molecule has 1 saturated heterocycles. The van der Waals surface area contributed by atoms with Crippen molar-refractivity contribution in [3.8, 4) is 0 Å². The molecule has 1 aromatic carbocycles. The van der Waals surface area contributed by atoms with E-state index in [2.05, 4.69) is 15.6 Å². The number of carbonyl (C=O) groups is 2. The van der Waals surface area contributed by atoms with Crippen LogP contribution in [0.2, 0.25) is 0 Å². The first-order chi connectivity index (χ1) is 14.6. The zero-order chi connectivity index (χ0) is 21.3. The number of nitrogens with one attached hydrogen (secondary N) is 2. The summed E-state index contributed by atoms with van der Waals surface area (Å²) in [6, 6.07) is 13.2. The number of amides is 2. The SMILES string of the molecule is CNC(=O)c1cc(C(=O)NCCCC2OCCCO2)cc(C(C)c2ccccc2)n1. The van der Waals surface area contributed by atoms with Gasteiger partial charge in [-0.3, -0.25) is 9.59 Å². The molecule has 1 unspecified atom stereocenters. The lowest BCUT2D eigenvalue weighted by Gasteiger charge is -2.23. The molecule has 7 heteroatoms. The number of aromatic nitrogens is 1. The number of ether oxygens (including phenoxy) is 2. The normalized spacial score (nSPS) is 15.4. The maximum Gasteiger partial charge on any atom is 0.269 e. The van der Waals surface area contributed by atoms with Gasteiger partial charge in [0.25, 0.3) is 11.8 Å². The zero-order valence-electron chi connectivity index (χ0n) is 17.5. The van der Waals surface area contributed by atoms with Crippen LogP contribution in [-0.4, -0.2) is 49.9 Å². The summed E-state index contributed by atoms with van der Waals surface area (Å²) in [7, 11) is 1.55. The molecule has 0 aliphatic carbocycles. The third-order valence-corrected chi connectivity index (χ3v) is 5.11. The van der Waals surface area contributed by atoms with Gasteiger partial charge in [0.1, 0.15) is 5.69 Å². The van der Waals surface area contributed by atoms with Gasteiger partial charge in [0.2, 0.25) is 0 Å². The van der Waals surface area contributed by atoms with Crippen LogP contribution in [0, 0.1) is 0 Å². The lowest BCUT2D eigenvalue weighted by Crippen LogP contribution is -2.29. The number of hydrogen-bond donors (Lipinski definition) is 2.